The first-order valence-corrected chi connectivity index (χ1v) is 11.4. The summed E-state index contributed by atoms with van der Waals surface area (Å²) in [6, 6.07) is 5.30. The lowest BCUT2D eigenvalue weighted by atomic mass is 10.1. The number of nitrogens with one attached hydrogen (secondary N) is 3. The molecular weight excluding hydrogens is 463 g/mol. The van der Waals surface area contributed by atoms with E-state index in [0.717, 1.165) is 17.5 Å². The predicted molar refractivity (Wildman–Crippen MR) is 132 cm³/mol. The van der Waals surface area contributed by atoms with E-state index in [1.807, 2.05) is 6.92 Å². The first-order chi connectivity index (χ1) is 17.6. The predicted octanol–water partition coefficient (Wildman–Crippen LogP) is 4.89. The van der Waals surface area contributed by atoms with Gasteiger partial charge in [-0.2, -0.15) is 5.10 Å². The van der Waals surface area contributed by atoms with Crippen LogP contribution < -0.4 is 5.32 Å². The van der Waals surface area contributed by atoms with Gasteiger partial charge in [0.05, 0.1) is 47.0 Å². The van der Waals surface area contributed by atoms with E-state index in [-0.39, 0.29) is 11.1 Å². The quantitative estimate of drug-likeness (QED) is 0.235. The van der Waals surface area contributed by atoms with Crippen LogP contribution in [0.5, 0.6) is 0 Å². The molecule has 6 aromatic rings. The smallest absolute Gasteiger partial charge is 0.161 e. The van der Waals surface area contributed by atoms with Gasteiger partial charge < -0.3 is 19.8 Å². The van der Waals surface area contributed by atoms with Gasteiger partial charge in [-0.15, -0.1) is 0 Å². The average molecular weight is 484 g/mol. The van der Waals surface area contributed by atoms with Crippen molar-refractivity contribution in [3.8, 4) is 34.0 Å². The van der Waals surface area contributed by atoms with Gasteiger partial charge in [0.25, 0.3) is 0 Å². The van der Waals surface area contributed by atoms with Crippen LogP contribution in [0.25, 0.3) is 56.0 Å². The number of pyridine rings is 3. The normalized spacial score (nSPS) is 12.4. The molecule has 6 heterocycles. The highest BCUT2D eigenvalue weighted by Crippen LogP contribution is 2.34. The Balaban J connectivity index is 1.44. The molecule has 0 aliphatic heterocycles. The molecule has 180 valence electrons. The third-order valence-corrected chi connectivity index (χ3v) is 5.87. The molecule has 0 radical (unpaired) electrons. The zero-order valence-corrected chi connectivity index (χ0v) is 19.2. The molecule has 11 heteroatoms. The first kappa shape index (κ1) is 21.9. The maximum atomic E-state index is 15.9. The Kier molecular flexibility index (Phi) is 5.38. The van der Waals surface area contributed by atoms with Crippen molar-refractivity contribution in [2.75, 3.05) is 5.32 Å². The van der Waals surface area contributed by atoms with Gasteiger partial charge in [-0.05, 0) is 24.6 Å². The summed E-state index contributed by atoms with van der Waals surface area (Å²) in [4.78, 5) is 20.8. The number of aliphatic hydroxyl groups excluding tert-OH is 1. The fourth-order valence-electron chi connectivity index (χ4n) is 4.19. The molecule has 6 rings (SSSR count). The van der Waals surface area contributed by atoms with Gasteiger partial charge in [0, 0.05) is 23.5 Å². The average Bonchev–Trinajstić information content (AvgIpc) is 3.63. The number of hydrogen-bond donors (Lipinski definition) is 4. The Labute approximate surface area is 203 Å². The molecule has 0 saturated heterocycles. The number of fused-ring (bicyclic) bond motifs is 2. The summed E-state index contributed by atoms with van der Waals surface area (Å²) in [7, 11) is 0. The number of furan rings is 1. The molecule has 0 saturated carbocycles. The molecule has 1 atom stereocenters. The zero-order valence-electron chi connectivity index (χ0n) is 19.2. The van der Waals surface area contributed by atoms with E-state index in [2.05, 4.69) is 40.4 Å². The SMILES string of the molecule is CCCC(O)Nc1cncc(-c2ncc3[nH]nc(-c4nc5c(-c6ccoc6)nccc5[nH]4)c3c2F)c1. The molecule has 0 amide bonds. The molecule has 0 fully saturated rings. The Morgan fingerprint density at radius 2 is 2.00 bits per heavy atom. The van der Waals surface area contributed by atoms with Crippen molar-refractivity contribution in [2.45, 2.75) is 26.0 Å². The van der Waals surface area contributed by atoms with Crippen LogP contribution in [0.4, 0.5) is 10.1 Å². The molecule has 1 unspecified atom stereocenters. The summed E-state index contributed by atoms with van der Waals surface area (Å²) in [5.41, 5.74) is 4.68. The van der Waals surface area contributed by atoms with Crippen LogP contribution >= 0.6 is 0 Å². The molecule has 36 heavy (non-hydrogen) atoms. The molecule has 4 N–H and O–H groups in total. The van der Waals surface area contributed by atoms with E-state index in [9.17, 15) is 5.11 Å². The number of H-pyrrole nitrogens is 2. The molecule has 0 spiro atoms. The molecule has 0 aliphatic carbocycles. The molecule has 6 aromatic heterocycles. The molecule has 0 aliphatic rings. The van der Waals surface area contributed by atoms with Crippen LogP contribution in [0.1, 0.15) is 19.8 Å². The van der Waals surface area contributed by atoms with Gasteiger partial charge in [-0.25, -0.2) is 9.37 Å². The summed E-state index contributed by atoms with van der Waals surface area (Å²) in [5.74, 6) is -0.167. The highest BCUT2D eigenvalue weighted by atomic mass is 19.1. The molecule has 10 nitrogen and oxygen atoms in total. The van der Waals surface area contributed by atoms with Crippen LogP contribution in [0.15, 0.2) is 59.9 Å². The van der Waals surface area contributed by atoms with Crippen molar-refractivity contribution in [2.24, 2.45) is 0 Å². The fraction of sp³-hybridized carbons (Fsp3) is 0.160. The minimum absolute atomic E-state index is 0.114. The lowest BCUT2D eigenvalue weighted by Crippen LogP contribution is -2.18. The third-order valence-electron chi connectivity index (χ3n) is 5.87. The van der Waals surface area contributed by atoms with E-state index in [1.165, 1.54) is 12.4 Å². The Morgan fingerprint density at radius 1 is 1.08 bits per heavy atom. The fourth-order valence-corrected chi connectivity index (χ4v) is 4.19. The summed E-state index contributed by atoms with van der Waals surface area (Å²) < 4.78 is 21.1. The second kappa shape index (κ2) is 8.86. The van der Waals surface area contributed by atoms with Gasteiger partial charge in [0.2, 0.25) is 0 Å². The first-order valence-electron chi connectivity index (χ1n) is 11.4. The number of nitrogens with zero attached hydrogens (tertiary/aromatic N) is 5. The van der Waals surface area contributed by atoms with Crippen LogP contribution in [0.2, 0.25) is 0 Å². The highest BCUT2D eigenvalue weighted by Gasteiger charge is 2.22. The maximum absolute atomic E-state index is 15.9. The number of rotatable bonds is 7. The van der Waals surface area contributed by atoms with Crippen molar-refractivity contribution in [3.05, 3.63) is 61.3 Å². The molecule has 0 aromatic carbocycles. The van der Waals surface area contributed by atoms with Gasteiger partial charge in [-0.3, -0.25) is 20.1 Å². The summed E-state index contributed by atoms with van der Waals surface area (Å²) in [6.07, 6.45) is 10.1. The Bertz CT molecular complexity index is 1670. The van der Waals surface area contributed by atoms with Gasteiger partial charge in [0.15, 0.2) is 11.6 Å². The number of hydrogen-bond acceptors (Lipinski definition) is 8. The maximum Gasteiger partial charge on any atom is 0.161 e. The lowest BCUT2D eigenvalue weighted by molar-refractivity contribution is 0.192. The number of halogens is 1. The summed E-state index contributed by atoms with van der Waals surface area (Å²) >= 11 is 0. The van der Waals surface area contributed by atoms with Crippen molar-refractivity contribution in [1.29, 1.82) is 0 Å². The number of aromatic nitrogens is 7. The lowest BCUT2D eigenvalue weighted by Gasteiger charge is -2.13. The highest BCUT2D eigenvalue weighted by molar-refractivity contribution is 5.97. The van der Waals surface area contributed by atoms with Gasteiger partial charge >= 0.3 is 0 Å². The summed E-state index contributed by atoms with van der Waals surface area (Å²) in [6.45, 7) is 1.98. The van der Waals surface area contributed by atoms with Crippen LogP contribution in [0.3, 0.4) is 0 Å². The van der Waals surface area contributed by atoms with E-state index in [0.29, 0.717) is 45.9 Å². The second-order valence-corrected chi connectivity index (χ2v) is 8.35. The van der Waals surface area contributed by atoms with E-state index < -0.39 is 12.0 Å². The van der Waals surface area contributed by atoms with E-state index >= 15 is 4.39 Å². The monoisotopic (exact) mass is 484 g/mol. The van der Waals surface area contributed by atoms with Crippen LogP contribution in [-0.4, -0.2) is 46.5 Å². The Hall–Kier alpha value is -4.64. The van der Waals surface area contributed by atoms with Gasteiger partial charge in [-0.1, -0.05) is 13.3 Å². The second-order valence-electron chi connectivity index (χ2n) is 8.35. The largest absolute Gasteiger partial charge is 0.472 e. The minimum Gasteiger partial charge on any atom is -0.472 e. The third kappa shape index (κ3) is 3.75. The summed E-state index contributed by atoms with van der Waals surface area (Å²) in [5, 5.41) is 20.5. The van der Waals surface area contributed by atoms with Crippen LogP contribution in [-0.2, 0) is 0 Å². The van der Waals surface area contributed by atoms with Crippen molar-refractivity contribution in [1.82, 2.24) is 35.1 Å². The topological polar surface area (TPSA) is 141 Å². The van der Waals surface area contributed by atoms with Gasteiger partial charge in [0.1, 0.15) is 28.8 Å². The van der Waals surface area contributed by atoms with Crippen molar-refractivity contribution in [3.63, 3.8) is 0 Å². The Morgan fingerprint density at radius 3 is 2.83 bits per heavy atom. The number of anilines is 1. The number of aliphatic hydroxyl groups is 1. The molecular formula is C25H21FN8O2. The number of aromatic amines is 2. The number of imidazole rings is 1. The molecule has 0 bridgehead atoms. The van der Waals surface area contributed by atoms with Crippen molar-refractivity contribution < 1.29 is 13.9 Å². The minimum atomic E-state index is -0.720. The van der Waals surface area contributed by atoms with Crippen LogP contribution in [0, 0.1) is 5.82 Å². The van der Waals surface area contributed by atoms with E-state index in [4.69, 9.17) is 4.42 Å². The van der Waals surface area contributed by atoms with Crippen molar-refractivity contribution >= 4 is 27.6 Å². The van der Waals surface area contributed by atoms with E-state index in [1.54, 1.807) is 43.1 Å². The zero-order chi connectivity index (χ0) is 24.6. The standard InChI is InChI=1S/C25H21FN8O2/c1-2-3-18(35)30-15-8-14(9-27-10-15)21-20(26)19-17(11-29-21)33-34-24(19)25-31-16-4-6-28-22(23(16)32-25)13-5-7-36-12-13/h4-12,18,30,35H,2-3H2,1H3,(H,31,32)(H,33,34).